The summed E-state index contributed by atoms with van der Waals surface area (Å²) >= 11 is 0. The minimum Gasteiger partial charge on any atom is -0.299 e. The number of benzene rings is 1. The average molecular weight is 567 g/mol. The molecule has 1 aromatic carbocycles. The van der Waals surface area contributed by atoms with Crippen LogP contribution >= 0.6 is 0 Å². The van der Waals surface area contributed by atoms with E-state index in [-0.39, 0.29) is 35.2 Å². The van der Waals surface area contributed by atoms with Crippen molar-refractivity contribution in [2.24, 2.45) is 45.3 Å². The summed E-state index contributed by atoms with van der Waals surface area (Å²) in [5, 5.41) is 0. The molecule has 0 spiro atoms. The van der Waals surface area contributed by atoms with E-state index in [0.29, 0.717) is 25.7 Å². The molecular weight excluding hydrogens is 528 g/mol. The zero-order chi connectivity index (χ0) is 28.1. The molecule has 6 atom stereocenters. The third kappa shape index (κ3) is 3.88. The van der Waals surface area contributed by atoms with Gasteiger partial charge in [0.15, 0.2) is 0 Å². The Morgan fingerprint density at radius 2 is 1.05 bits per heavy atom. The Kier molecular flexibility index (Phi) is 6.20. The van der Waals surface area contributed by atoms with Gasteiger partial charge in [-0.2, -0.15) is 16.8 Å². The number of hydrogen-bond acceptors (Lipinski definition) is 6. The van der Waals surface area contributed by atoms with Crippen LogP contribution in [0.4, 0.5) is 0 Å². The van der Waals surface area contributed by atoms with E-state index in [0.717, 1.165) is 24.0 Å². The van der Waals surface area contributed by atoms with Crippen molar-refractivity contribution in [2.75, 3.05) is 11.5 Å². The first-order valence-corrected chi connectivity index (χ1v) is 16.6. The number of rotatable bonds is 8. The summed E-state index contributed by atoms with van der Waals surface area (Å²) in [6.07, 6.45) is 3.20. The molecule has 4 fully saturated rings. The first-order chi connectivity index (χ1) is 17.4. The van der Waals surface area contributed by atoms with Crippen LogP contribution in [0.5, 0.6) is 0 Å². The highest BCUT2D eigenvalue weighted by atomic mass is 32.2. The molecule has 1 aromatic rings. The molecule has 4 aliphatic rings. The molecule has 0 aliphatic heterocycles. The number of Topliss-reactive ketones (excluding diaryl/α,β-unsaturated/α-hetero) is 2. The van der Waals surface area contributed by atoms with Gasteiger partial charge in [-0.3, -0.25) is 18.7 Å². The minimum atomic E-state index is -4.34. The summed E-state index contributed by atoms with van der Waals surface area (Å²) in [5.74, 6) is -2.07. The van der Waals surface area contributed by atoms with Crippen molar-refractivity contribution in [3.05, 3.63) is 35.4 Å². The second kappa shape index (κ2) is 8.44. The summed E-state index contributed by atoms with van der Waals surface area (Å²) in [7, 11) is -8.67. The quantitative estimate of drug-likeness (QED) is 0.453. The Labute approximate surface area is 225 Å². The lowest BCUT2D eigenvalue weighted by atomic mass is 9.70. The zero-order valence-corrected chi connectivity index (χ0v) is 24.1. The molecule has 0 heterocycles. The van der Waals surface area contributed by atoms with Gasteiger partial charge in [0, 0.05) is 11.8 Å². The Balaban J connectivity index is 1.43. The molecule has 0 amide bonds. The van der Waals surface area contributed by atoms with Gasteiger partial charge in [0.05, 0.1) is 22.3 Å². The fraction of sp³-hybridized carbons (Fsp3) is 0.714. The van der Waals surface area contributed by atoms with E-state index in [1.54, 1.807) is 0 Å². The molecule has 4 aliphatic carbocycles. The van der Waals surface area contributed by atoms with Gasteiger partial charge in [0.2, 0.25) is 0 Å². The van der Waals surface area contributed by atoms with Gasteiger partial charge in [-0.1, -0.05) is 52.0 Å². The zero-order valence-electron chi connectivity index (χ0n) is 22.4. The molecule has 38 heavy (non-hydrogen) atoms. The Morgan fingerprint density at radius 3 is 1.37 bits per heavy atom. The van der Waals surface area contributed by atoms with Crippen molar-refractivity contribution >= 4 is 31.8 Å². The standard InChI is InChI=1S/C28H38O8S2/c1-25(2)21-9-11-27(25,15-37(31,32)33)23(29)19(21)13-17-7-5-6-8-18(17)14-20-22-10-12-28(24(20)30,26(22,3)4)16-38(34,35)36/h5-8,19-22H,9-16H2,1-4H3,(H,31,32,33)(H,34,35,36). The molecule has 10 heteroatoms. The predicted octanol–water partition coefficient (Wildman–Crippen LogP) is 3.79. The van der Waals surface area contributed by atoms with Gasteiger partial charge in [-0.25, -0.2) is 0 Å². The SMILES string of the molecule is CC1(C)C2CCC1(CS(=O)(=O)O)C(=O)C2Cc1ccccc1CC1C(=O)C2(CS(=O)(=O)O)CCC1C2(C)C. The van der Waals surface area contributed by atoms with E-state index in [4.69, 9.17) is 0 Å². The maximum atomic E-state index is 13.7. The van der Waals surface area contributed by atoms with E-state index in [2.05, 4.69) is 0 Å². The first-order valence-electron chi connectivity index (χ1n) is 13.4. The van der Waals surface area contributed by atoms with Crippen LogP contribution in [0.1, 0.15) is 64.5 Å². The molecule has 2 N–H and O–H groups in total. The van der Waals surface area contributed by atoms with Crippen LogP contribution in [0.25, 0.3) is 0 Å². The number of hydrogen-bond donors (Lipinski definition) is 2. The van der Waals surface area contributed by atoms with Crippen LogP contribution in [0, 0.1) is 45.3 Å². The molecule has 6 unspecified atom stereocenters. The van der Waals surface area contributed by atoms with Crippen LogP contribution in [-0.2, 0) is 42.7 Å². The predicted molar refractivity (Wildman–Crippen MR) is 142 cm³/mol. The highest BCUT2D eigenvalue weighted by molar-refractivity contribution is 7.86. The normalized spacial score (nSPS) is 37.3. The van der Waals surface area contributed by atoms with Crippen LogP contribution in [0.15, 0.2) is 24.3 Å². The Morgan fingerprint density at radius 1 is 0.711 bits per heavy atom. The molecule has 4 bridgehead atoms. The fourth-order valence-corrected chi connectivity index (χ4v) is 12.0. The van der Waals surface area contributed by atoms with Crippen molar-refractivity contribution in [2.45, 2.75) is 66.2 Å². The topological polar surface area (TPSA) is 143 Å². The second-order valence-electron chi connectivity index (χ2n) is 13.5. The maximum Gasteiger partial charge on any atom is 0.265 e. The molecule has 0 radical (unpaired) electrons. The third-order valence-electron chi connectivity index (χ3n) is 11.5. The first kappa shape index (κ1) is 27.9. The second-order valence-corrected chi connectivity index (χ2v) is 16.4. The third-order valence-corrected chi connectivity index (χ3v) is 13.2. The van der Waals surface area contributed by atoms with Crippen molar-refractivity contribution in [1.82, 2.24) is 0 Å². The average Bonchev–Trinajstić information content (AvgIpc) is 3.27. The summed E-state index contributed by atoms with van der Waals surface area (Å²) in [6.45, 7) is 7.74. The van der Waals surface area contributed by atoms with Crippen molar-refractivity contribution < 1.29 is 35.5 Å². The lowest BCUT2D eigenvalue weighted by molar-refractivity contribution is -0.132. The molecule has 210 valence electrons. The van der Waals surface area contributed by atoms with Gasteiger partial charge in [0.1, 0.15) is 11.6 Å². The van der Waals surface area contributed by atoms with Gasteiger partial charge >= 0.3 is 0 Å². The summed E-state index contributed by atoms with van der Waals surface area (Å²) in [6, 6.07) is 7.69. The molecular formula is C28H38O8S2. The van der Waals surface area contributed by atoms with Crippen LogP contribution in [-0.4, -0.2) is 49.0 Å². The molecule has 8 nitrogen and oxygen atoms in total. The highest BCUT2D eigenvalue weighted by Gasteiger charge is 2.70. The highest BCUT2D eigenvalue weighted by Crippen LogP contribution is 2.68. The molecule has 4 saturated carbocycles. The van der Waals surface area contributed by atoms with Crippen LogP contribution in [0.3, 0.4) is 0 Å². The lowest BCUT2D eigenvalue weighted by Crippen LogP contribution is -2.43. The summed E-state index contributed by atoms with van der Waals surface area (Å²) in [5.41, 5.74) is -1.45. The molecule has 0 saturated heterocycles. The van der Waals surface area contributed by atoms with E-state index in [9.17, 15) is 35.5 Å². The Hall–Kier alpha value is -1.62. The fourth-order valence-electron chi connectivity index (χ4n) is 9.43. The number of carbonyl (C=O) groups excluding carboxylic acids is 2. The number of carbonyl (C=O) groups is 2. The van der Waals surface area contributed by atoms with Gasteiger partial charge in [0.25, 0.3) is 20.2 Å². The lowest BCUT2D eigenvalue weighted by Gasteiger charge is -2.35. The largest absolute Gasteiger partial charge is 0.299 e. The number of ketones is 2. The van der Waals surface area contributed by atoms with Gasteiger partial charge in [-0.15, -0.1) is 0 Å². The van der Waals surface area contributed by atoms with Gasteiger partial charge in [-0.05, 0) is 72.3 Å². The monoisotopic (exact) mass is 566 g/mol. The smallest absolute Gasteiger partial charge is 0.265 e. The van der Waals surface area contributed by atoms with E-state index in [1.165, 1.54) is 0 Å². The number of fused-ring (bicyclic) bond motifs is 4. The van der Waals surface area contributed by atoms with Crippen molar-refractivity contribution in [3.63, 3.8) is 0 Å². The van der Waals surface area contributed by atoms with Gasteiger partial charge < -0.3 is 0 Å². The Bertz CT molecular complexity index is 1300. The molecule has 0 aromatic heterocycles. The summed E-state index contributed by atoms with van der Waals surface area (Å²) < 4.78 is 66.9. The van der Waals surface area contributed by atoms with Crippen molar-refractivity contribution in [3.8, 4) is 0 Å². The maximum absolute atomic E-state index is 13.7. The van der Waals surface area contributed by atoms with Crippen LogP contribution in [0.2, 0.25) is 0 Å². The minimum absolute atomic E-state index is 0.00843. The van der Waals surface area contributed by atoms with Crippen molar-refractivity contribution in [1.29, 1.82) is 0 Å². The van der Waals surface area contributed by atoms with E-state index < -0.39 is 53.4 Å². The molecule has 5 rings (SSSR count). The van der Waals surface area contributed by atoms with Crippen LogP contribution < -0.4 is 0 Å². The van der Waals surface area contributed by atoms with E-state index >= 15 is 0 Å². The summed E-state index contributed by atoms with van der Waals surface area (Å²) in [4.78, 5) is 27.5. The van der Waals surface area contributed by atoms with E-state index in [1.807, 2.05) is 52.0 Å².